The third kappa shape index (κ3) is 3.53. The second-order valence-electron chi connectivity index (χ2n) is 8.49. The smallest absolute Gasteiger partial charge is 0.274 e. The fourth-order valence-corrected chi connectivity index (χ4v) is 6.13. The van der Waals surface area contributed by atoms with Gasteiger partial charge in [0, 0.05) is 29.5 Å². The molecule has 0 aromatic heterocycles. The van der Waals surface area contributed by atoms with Crippen LogP contribution in [-0.4, -0.2) is 64.5 Å². The fraction of sp³-hybridized carbons (Fsp3) is 0.667. The zero-order valence-electron chi connectivity index (χ0n) is 17.2. The van der Waals surface area contributed by atoms with E-state index in [4.69, 9.17) is 53.9 Å². The van der Waals surface area contributed by atoms with E-state index < -0.39 is 15.6 Å². The molecule has 170 valence electrons. The van der Waals surface area contributed by atoms with Crippen molar-refractivity contribution < 1.29 is 24.0 Å². The first-order chi connectivity index (χ1) is 14.8. The second-order valence-corrected chi connectivity index (χ2v) is 10.9. The molecular weight excluding hydrogens is 467 g/mol. The Bertz CT molecular complexity index is 886. The van der Waals surface area contributed by atoms with E-state index in [9.17, 15) is 5.21 Å². The van der Waals surface area contributed by atoms with E-state index in [0.717, 1.165) is 31.2 Å². The third-order valence-electron chi connectivity index (χ3n) is 6.96. The van der Waals surface area contributed by atoms with E-state index >= 15 is 0 Å². The van der Waals surface area contributed by atoms with Crippen LogP contribution in [0.25, 0.3) is 0 Å². The molecule has 2 fully saturated rings. The van der Waals surface area contributed by atoms with Crippen molar-refractivity contribution >= 4 is 40.5 Å². The molecular formula is C21H25Cl3N2O5. The monoisotopic (exact) mass is 490 g/mol. The van der Waals surface area contributed by atoms with E-state index in [0.29, 0.717) is 48.4 Å². The van der Waals surface area contributed by atoms with Crippen molar-refractivity contribution in [3.8, 4) is 11.5 Å². The summed E-state index contributed by atoms with van der Waals surface area (Å²) in [4.78, 5) is 9.04. The van der Waals surface area contributed by atoms with Crippen molar-refractivity contribution in [1.29, 1.82) is 0 Å². The average Bonchev–Trinajstić information content (AvgIpc) is 2.77. The number of alkyl halides is 3. The number of morpholine rings is 1. The Morgan fingerprint density at radius 1 is 1.23 bits per heavy atom. The molecule has 4 atom stereocenters. The highest BCUT2D eigenvalue weighted by molar-refractivity contribution is 6.69. The first-order valence-electron chi connectivity index (χ1n) is 10.6. The van der Waals surface area contributed by atoms with Gasteiger partial charge in [-0.1, -0.05) is 47.6 Å². The molecule has 31 heavy (non-hydrogen) atoms. The van der Waals surface area contributed by atoms with Crippen molar-refractivity contribution in [2.24, 2.45) is 5.92 Å². The molecule has 0 unspecified atom stereocenters. The van der Waals surface area contributed by atoms with Crippen molar-refractivity contribution in [1.82, 2.24) is 4.90 Å². The Balaban J connectivity index is 1.70. The topological polar surface area (TPSA) is 66.2 Å². The van der Waals surface area contributed by atoms with Crippen molar-refractivity contribution in [3.05, 3.63) is 29.0 Å². The van der Waals surface area contributed by atoms with Crippen LogP contribution < -0.4 is 9.47 Å². The van der Waals surface area contributed by atoms with E-state index in [1.807, 2.05) is 18.2 Å². The molecule has 10 heteroatoms. The van der Waals surface area contributed by atoms with Crippen LogP contribution in [0.15, 0.2) is 18.2 Å². The van der Waals surface area contributed by atoms with Gasteiger partial charge < -0.3 is 19.0 Å². The predicted molar refractivity (Wildman–Crippen MR) is 117 cm³/mol. The molecule has 0 N–H and O–H groups in total. The Morgan fingerprint density at radius 3 is 2.71 bits per heavy atom. The van der Waals surface area contributed by atoms with Crippen LogP contribution in [0.1, 0.15) is 37.2 Å². The Hall–Kier alpha value is -1.12. The summed E-state index contributed by atoms with van der Waals surface area (Å²) in [7, 11) is 1.61. The molecule has 1 aromatic carbocycles. The lowest BCUT2D eigenvalue weighted by Crippen LogP contribution is -2.67. The number of fused-ring (bicyclic) bond motifs is 5. The lowest BCUT2D eigenvalue weighted by molar-refractivity contribution is -0.787. The van der Waals surface area contributed by atoms with Crippen LogP contribution in [0.2, 0.25) is 0 Å². The summed E-state index contributed by atoms with van der Waals surface area (Å²) < 4.78 is 15.3. The van der Waals surface area contributed by atoms with Crippen LogP contribution in [-0.2, 0) is 9.57 Å². The van der Waals surface area contributed by atoms with Gasteiger partial charge in [0.25, 0.3) is 5.71 Å². The fourth-order valence-electron chi connectivity index (χ4n) is 5.66. The highest BCUT2D eigenvalue weighted by Crippen LogP contribution is 2.55. The van der Waals surface area contributed by atoms with Crippen LogP contribution in [0, 0.1) is 11.1 Å². The molecule has 3 aliphatic heterocycles. The number of rotatable bonds is 2. The predicted octanol–water partition coefficient (Wildman–Crippen LogP) is 4.03. The molecule has 0 spiro atoms. The van der Waals surface area contributed by atoms with Gasteiger partial charge in [-0.15, -0.1) is 0 Å². The van der Waals surface area contributed by atoms with E-state index in [1.54, 1.807) is 7.11 Å². The third-order valence-corrected chi connectivity index (χ3v) is 7.56. The van der Waals surface area contributed by atoms with E-state index in [1.165, 1.54) is 0 Å². The van der Waals surface area contributed by atoms with Crippen LogP contribution in [0.5, 0.6) is 11.5 Å². The maximum absolute atomic E-state index is 13.5. The summed E-state index contributed by atoms with van der Waals surface area (Å²) >= 11 is 18.9. The molecule has 3 heterocycles. The number of ether oxygens (including phenoxy) is 3. The second kappa shape index (κ2) is 8.03. The minimum Gasteiger partial charge on any atom is -0.497 e. The minimum absolute atomic E-state index is 0.00385. The Kier molecular flexibility index (Phi) is 5.62. The van der Waals surface area contributed by atoms with Crippen LogP contribution in [0.4, 0.5) is 0 Å². The molecule has 0 bridgehead atoms. The first-order valence-corrected chi connectivity index (χ1v) is 11.8. The van der Waals surface area contributed by atoms with Gasteiger partial charge >= 0.3 is 0 Å². The number of nitrogens with zero attached hydrogens (tertiary/aromatic N) is 2. The molecule has 1 saturated carbocycles. The lowest BCUT2D eigenvalue weighted by Gasteiger charge is -2.57. The molecule has 5 rings (SSSR count). The largest absolute Gasteiger partial charge is 0.497 e. The zero-order chi connectivity index (χ0) is 21.8. The zero-order valence-corrected chi connectivity index (χ0v) is 19.5. The number of hydrogen-bond acceptors (Lipinski definition) is 6. The normalized spacial score (nSPS) is 33.5. The van der Waals surface area contributed by atoms with E-state index in [-0.39, 0.29) is 11.8 Å². The SMILES string of the molecule is COc1ccc2c(c1)[C@@H]1C(=[N+]([O-])O[C@]3(N4CCOCC4)CCCC[C@H]13)[C@H](C(Cl)(Cl)Cl)O2. The Morgan fingerprint density at radius 2 is 2.00 bits per heavy atom. The quantitative estimate of drug-likeness (QED) is 0.460. The lowest BCUT2D eigenvalue weighted by atomic mass is 9.66. The molecule has 0 amide bonds. The summed E-state index contributed by atoms with van der Waals surface area (Å²) in [6.07, 6.45) is 2.63. The summed E-state index contributed by atoms with van der Waals surface area (Å²) in [5.41, 5.74) is 0.443. The molecule has 1 saturated heterocycles. The maximum atomic E-state index is 13.5. The van der Waals surface area contributed by atoms with Gasteiger partial charge in [0.05, 0.1) is 26.2 Å². The summed E-state index contributed by atoms with van der Waals surface area (Å²) in [6.45, 7) is 2.65. The van der Waals surface area contributed by atoms with E-state index in [2.05, 4.69) is 4.90 Å². The van der Waals surface area contributed by atoms with Crippen molar-refractivity contribution in [2.45, 2.75) is 47.2 Å². The van der Waals surface area contributed by atoms with Gasteiger partial charge in [-0.25, -0.2) is 0 Å². The van der Waals surface area contributed by atoms with Gasteiger partial charge in [-0.05, 0) is 31.0 Å². The summed E-state index contributed by atoms with van der Waals surface area (Å²) in [5, 5.41) is 13.5. The molecule has 1 aromatic rings. The first kappa shape index (κ1) is 21.7. The summed E-state index contributed by atoms with van der Waals surface area (Å²) in [5.74, 6) is 0.978. The Labute approximate surface area is 196 Å². The highest BCUT2D eigenvalue weighted by atomic mass is 35.6. The minimum atomic E-state index is -1.83. The van der Waals surface area contributed by atoms with Crippen LogP contribution >= 0.6 is 34.8 Å². The molecule has 4 aliphatic rings. The van der Waals surface area contributed by atoms with Gasteiger partial charge in [-0.3, -0.25) is 10.1 Å². The van der Waals surface area contributed by atoms with Gasteiger partial charge in [0.1, 0.15) is 17.2 Å². The number of halogens is 3. The number of hydrogen-bond donors (Lipinski definition) is 0. The molecule has 0 radical (unpaired) electrons. The van der Waals surface area contributed by atoms with Crippen molar-refractivity contribution in [3.63, 3.8) is 0 Å². The van der Waals surface area contributed by atoms with Crippen molar-refractivity contribution in [2.75, 3.05) is 33.4 Å². The van der Waals surface area contributed by atoms with Gasteiger partial charge in [0.15, 0.2) is 0 Å². The number of benzene rings is 1. The van der Waals surface area contributed by atoms with Crippen LogP contribution in [0.3, 0.4) is 0 Å². The van der Waals surface area contributed by atoms with Gasteiger partial charge in [-0.2, -0.15) is 0 Å². The average molecular weight is 492 g/mol. The standard InChI is InChI=1S/C21H25Cl3N2O5/c1-28-13-5-6-16-14(12-13)17-15-4-2-3-7-20(15,25-8-10-29-11-9-25)31-26(27)18(17)19(30-16)21(22,23)24/h5-6,12,15,17,19H,2-4,7-11H2,1H3/t15-,17+,19-,20-/m1/s1. The number of methoxy groups -OCH3 is 1. The maximum Gasteiger partial charge on any atom is 0.274 e. The van der Waals surface area contributed by atoms with Gasteiger partial charge in [0.2, 0.25) is 9.90 Å². The summed E-state index contributed by atoms with van der Waals surface area (Å²) in [6, 6.07) is 5.55. The molecule has 7 nitrogen and oxygen atoms in total. The highest BCUT2D eigenvalue weighted by Gasteiger charge is 2.62. The molecule has 1 aliphatic carbocycles.